The number of carboxylic acids is 1. The quantitative estimate of drug-likeness (QED) is 0.0164. The number of aliphatic carboxylic acids is 1. The van der Waals surface area contributed by atoms with Gasteiger partial charge in [0, 0.05) is 33.7 Å². The lowest BCUT2D eigenvalue weighted by molar-refractivity contribution is -0.231. The van der Waals surface area contributed by atoms with Crippen LogP contribution in [-0.4, -0.2) is 139 Å². The van der Waals surface area contributed by atoms with Crippen LogP contribution in [0.1, 0.15) is 505 Å². The highest BCUT2D eigenvalue weighted by molar-refractivity contribution is 5.93. The molecule has 0 aromatic heterocycles. The Hall–Kier alpha value is -4.40. The molecule has 0 aliphatic carbocycles. The molecule has 0 amide bonds. The second kappa shape index (κ2) is 109. The molecule has 692 valence electrons. The van der Waals surface area contributed by atoms with Gasteiger partial charge in [0.05, 0.1) is 33.0 Å². The van der Waals surface area contributed by atoms with Gasteiger partial charge in [-0.05, 0) is 46.0 Å². The highest BCUT2D eigenvalue weighted by atomic mass is 16.7. The number of rotatable bonds is 77. The van der Waals surface area contributed by atoms with Crippen LogP contribution in [0.2, 0.25) is 0 Å². The standard InChI is InChI=1S/C24H46O4.C23H44O5.C21H40O4.C18H38O.C6H8O4.2C2H6O/c1-3-5-6-7-8-9-10-11-12-13-14-15-16-17-18-19-21-28-24(26)22-23(25)27-20-4-2;1-2-3-4-5-6-7-8-9-10-11-12-13-14-15-16-17-19-27-22(25)21-23(26)28-20-18-24;1-2-3-4-5-6-7-8-9-10-11-12-13-14-15-16-17-18-25-21(24)19-20(22)23;1-2-3-4-5-6-7-8-9-10-11-12-13-14-15-16-17-18-19;1-6(2)9-4(7)3-5(8)10-6;2*1-2-3/h3-22H2,1-2H3;24H,2-21H2,1H3;2-19H2,1H3,(H,22,23);19H,2-18H2,1H3;3H2,1-2H3;2*3H,2H2,1H3. The Morgan fingerprint density at radius 3 is 0.595 bits per heavy atom. The summed E-state index contributed by atoms with van der Waals surface area (Å²) < 4.78 is 33.7. The maximum Gasteiger partial charge on any atom is 0.320 e. The largest absolute Gasteiger partial charge is 0.481 e. The first-order valence-electron chi connectivity index (χ1n) is 48.2. The zero-order chi connectivity index (χ0) is 87.2. The van der Waals surface area contributed by atoms with Crippen LogP contribution in [0.15, 0.2) is 0 Å². The monoisotopic (exact) mass is 1660 g/mol. The van der Waals surface area contributed by atoms with Crippen LogP contribution in [0.25, 0.3) is 0 Å². The van der Waals surface area contributed by atoms with Gasteiger partial charge in [0.25, 0.3) is 5.79 Å². The van der Waals surface area contributed by atoms with Crippen molar-refractivity contribution >= 4 is 47.8 Å². The molecule has 0 radical (unpaired) electrons. The molecule has 0 aromatic rings. The van der Waals surface area contributed by atoms with Crippen molar-refractivity contribution in [3.8, 4) is 0 Å². The predicted octanol–water partition coefficient (Wildman–Crippen LogP) is 25.6. The summed E-state index contributed by atoms with van der Waals surface area (Å²) in [4.78, 5) is 87.7. The first-order valence-corrected chi connectivity index (χ1v) is 48.2. The smallest absolute Gasteiger partial charge is 0.320 e. The summed E-state index contributed by atoms with van der Waals surface area (Å²) in [6, 6.07) is 0. The van der Waals surface area contributed by atoms with Crippen LogP contribution in [0.4, 0.5) is 0 Å². The molecule has 1 aliphatic heterocycles. The second-order valence-electron chi connectivity index (χ2n) is 31.8. The van der Waals surface area contributed by atoms with Crippen LogP contribution < -0.4 is 0 Å². The highest BCUT2D eigenvalue weighted by Crippen LogP contribution is 2.21. The summed E-state index contributed by atoms with van der Waals surface area (Å²) in [5, 5.41) is 40.8. The molecule has 1 saturated heterocycles. The van der Waals surface area contributed by atoms with Gasteiger partial charge in [-0.2, -0.15) is 0 Å². The van der Waals surface area contributed by atoms with E-state index >= 15 is 0 Å². The summed E-state index contributed by atoms with van der Waals surface area (Å²) in [5.41, 5.74) is 0. The lowest BCUT2D eigenvalue weighted by Gasteiger charge is -2.28. The molecule has 1 aliphatic rings. The van der Waals surface area contributed by atoms with E-state index in [1.165, 1.54) is 380 Å². The van der Waals surface area contributed by atoms with Gasteiger partial charge in [-0.1, -0.05) is 420 Å². The lowest BCUT2D eigenvalue weighted by atomic mass is 10.0. The first-order chi connectivity index (χ1) is 56.3. The van der Waals surface area contributed by atoms with E-state index in [2.05, 4.69) is 41.9 Å². The Balaban J connectivity index is -0.000000328. The SMILES string of the molecule is CC1(C)OC(=O)CC(=O)O1.CCCCCCCCCCCCCCCCCCO.CCCCCCCCCCCCCCCCCCOC(=O)CC(=O)O.CCCCCCCCCCCCCCCCCCOC(=O)CC(=O)OCCC.CCCCCCCCCCCCCCCCCCOC(=O)CC(=O)OCCO.CCO.CCO. The molecule has 0 aromatic carbocycles. The van der Waals surface area contributed by atoms with Crippen molar-refractivity contribution in [3.05, 3.63) is 0 Å². The minimum Gasteiger partial charge on any atom is -0.481 e. The van der Waals surface area contributed by atoms with E-state index in [1.807, 2.05) is 6.92 Å². The predicted molar refractivity (Wildman–Crippen MR) is 475 cm³/mol. The summed E-state index contributed by atoms with van der Waals surface area (Å²) >= 11 is 0. The van der Waals surface area contributed by atoms with Crippen molar-refractivity contribution in [2.24, 2.45) is 0 Å². The summed E-state index contributed by atoms with van der Waals surface area (Å²) in [5.74, 6) is -6.05. The fourth-order valence-electron chi connectivity index (χ4n) is 12.9. The number of carbonyl (C=O) groups is 8. The number of ether oxygens (including phenoxy) is 7. The minimum absolute atomic E-state index is 0.0781. The molecule has 0 bridgehead atoms. The van der Waals surface area contributed by atoms with Crippen LogP contribution in [0.3, 0.4) is 0 Å². The van der Waals surface area contributed by atoms with Crippen molar-refractivity contribution in [2.75, 3.05) is 59.5 Å². The molecule has 116 heavy (non-hydrogen) atoms. The molecule has 1 heterocycles. The summed E-state index contributed by atoms with van der Waals surface area (Å²) in [6.07, 6.45) is 84.5. The van der Waals surface area contributed by atoms with E-state index in [-0.39, 0.29) is 45.7 Å². The Bertz CT molecular complexity index is 1920. The average molecular weight is 1660 g/mol. The minimum atomic E-state index is -1.13. The van der Waals surface area contributed by atoms with Gasteiger partial charge >= 0.3 is 47.8 Å². The number of unbranched alkanes of at least 4 members (excludes halogenated alkanes) is 60. The Morgan fingerprint density at radius 1 is 0.250 bits per heavy atom. The summed E-state index contributed by atoms with van der Waals surface area (Å²) in [7, 11) is 0. The number of carbonyl (C=O) groups excluding carboxylic acids is 7. The Labute approximate surface area is 711 Å². The van der Waals surface area contributed by atoms with E-state index in [1.54, 1.807) is 13.8 Å². The van der Waals surface area contributed by atoms with Gasteiger partial charge in [0.1, 0.15) is 32.3 Å². The number of esters is 7. The molecule has 1 fully saturated rings. The van der Waals surface area contributed by atoms with E-state index in [4.69, 9.17) is 44.5 Å². The van der Waals surface area contributed by atoms with Crippen molar-refractivity contribution in [1.82, 2.24) is 0 Å². The third-order valence-electron chi connectivity index (χ3n) is 19.5. The molecular weight excluding hydrogens is 1470 g/mol. The average Bonchev–Trinajstić information content (AvgIpc) is 0.859. The van der Waals surface area contributed by atoms with Crippen LogP contribution in [0, 0.1) is 0 Å². The molecular formula is C96H188O20. The Morgan fingerprint density at radius 2 is 0.422 bits per heavy atom. The third-order valence-corrected chi connectivity index (χ3v) is 19.5. The first kappa shape index (κ1) is 122. The van der Waals surface area contributed by atoms with Gasteiger partial charge in [-0.25, -0.2) is 0 Å². The lowest BCUT2D eigenvalue weighted by Crippen LogP contribution is -2.39. The molecule has 0 saturated carbocycles. The van der Waals surface area contributed by atoms with E-state index in [9.17, 15) is 38.4 Å². The normalized spacial score (nSPS) is 11.7. The van der Waals surface area contributed by atoms with Crippen molar-refractivity contribution in [2.45, 2.75) is 511 Å². The van der Waals surface area contributed by atoms with Crippen molar-refractivity contribution < 1.29 is 97.0 Å². The van der Waals surface area contributed by atoms with Crippen LogP contribution >= 0.6 is 0 Å². The Kier molecular flexibility index (Phi) is 115. The number of cyclic esters (lactones) is 2. The van der Waals surface area contributed by atoms with Crippen LogP contribution in [0.5, 0.6) is 0 Å². The number of hydrogen-bond donors (Lipinski definition) is 5. The van der Waals surface area contributed by atoms with Crippen LogP contribution in [-0.2, 0) is 71.5 Å². The van der Waals surface area contributed by atoms with Gasteiger partial charge in [0.2, 0.25) is 0 Å². The zero-order valence-electron chi connectivity index (χ0n) is 77.0. The number of carboxylic acid groups (broad SMARTS) is 1. The topological polar surface area (TPSA) is 302 Å². The van der Waals surface area contributed by atoms with Gasteiger partial charge < -0.3 is 58.7 Å². The maximum atomic E-state index is 11.5. The zero-order valence-corrected chi connectivity index (χ0v) is 77.0. The number of aliphatic hydroxyl groups excluding tert-OH is 4. The van der Waals surface area contributed by atoms with E-state index in [0.29, 0.717) is 33.0 Å². The van der Waals surface area contributed by atoms with Gasteiger partial charge in [0.15, 0.2) is 0 Å². The fraction of sp³-hybridized carbons (Fsp3) is 0.917. The van der Waals surface area contributed by atoms with E-state index in [0.717, 1.165) is 51.4 Å². The molecule has 0 spiro atoms. The second-order valence-corrected chi connectivity index (χ2v) is 31.8. The van der Waals surface area contributed by atoms with Crippen molar-refractivity contribution in [1.29, 1.82) is 0 Å². The number of hydrogen-bond acceptors (Lipinski definition) is 19. The van der Waals surface area contributed by atoms with Crippen molar-refractivity contribution in [3.63, 3.8) is 0 Å². The number of aliphatic hydroxyl groups is 4. The molecule has 0 unspecified atom stereocenters. The van der Waals surface area contributed by atoms with Gasteiger partial charge in [-0.3, -0.25) is 38.4 Å². The summed E-state index contributed by atoms with van der Waals surface area (Å²) in [6.45, 7) is 19.5. The molecule has 20 heteroatoms. The fourth-order valence-corrected chi connectivity index (χ4v) is 12.9. The molecule has 0 atom stereocenters. The molecule has 1 rings (SSSR count). The highest BCUT2D eigenvalue weighted by Gasteiger charge is 2.34. The molecule has 5 N–H and O–H groups in total. The molecule has 20 nitrogen and oxygen atoms in total. The van der Waals surface area contributed by atoms with Gasteiger partial charge in [-0.15, -0.1) is 0 Å². The third kappa shape index (κ3) is 123. The maximum absolute atomic E-state index is 11.5. The van der Waals surface area contributed by atoms with E-state index < -0.39 is 60.0 Å².